The van der Waals surface area contributed by atoms with Gasteiger partial charge in [-0.2, -0.15) is 0 Å². The summed E-state index contributed by atoms with van der Waals surface area (Å²) in [6.07, 6.45) is 2.06. The molecule has 0 spiro atoms. The third-order valence-corrected chi connectivity index (χ3v) is 2.92. The monoisotopic (exact) mass is 270 g/mol. The Morgan fingerprint density at radius 1 is 1.61 bits per heavy atom. The second kappa shape index (κ2) is 8.03. The van der Waals surface area contributed by atoms with Gasteiger partial charge >= 0.3 is 5.97 Å². The smallest absolute Gasteiger partial charge is 0.319 e. The van der Waals surface area contributed by atoms with Crippen molar-refractivity contribution in [3.8, 4) is 11.8 Å². The fourth-order valence-electron chi connectivity index (χ4n) is 1.86. The fraction of sp³-hybridized carbons (Fsp3) is 0.667. The Hall–Kier alpha value is -1.16. The van der Waals surface area contributed by atoms with Gasteiger partial charge in [0.2, 0.25) is 0 Å². The number of nitrogens with one attached hydrogen (secondary N) is 1. The molecule has 0 bridgehead atoms. The van der Waals surface area contributed by atoms with Gasteiger partial charge in [-0.1, -0.05) is 5.92 Å². The Balaban J connectivity index is 2.29. The van der Waals surface area contributed by atoms with Crippen LogP contribution in [0.5, 0.6) is 0 Å². The highest BCUT2D eigenvalue weighted by Gasteiger charge is 2.26. The Kier molecular flexibility index (Phi) is 6.65. The second-order valence-electron chi connectivity index (χ2n) is 3.96. The normalized spacial score (nSPS) is 18.9. The van der Waals surface area contributed by atoms with Crippen LogP contribution in [0, 0.1) is 11.8 Å². The van der Waals surface area contributed by atoms with E-state index in [1.807, 2.05) is 0 Å². The summed E-state index contributed by atoms with van der Waals surface area (Å²) in [6.45, 7) is 3.39. The van der Waals surface area contributed by atoms with Gasteiger partial charge in [-0.05, 0) is 44.4 Å². The lowest BCUT2D eigenvalue weighted by Crippen LogP contribution is -2.39. The Labute approximate surface area is 113 Å². The van der Waals surface area contributed by atoms with E-state index in [1.165, 1.54) is 7.11 Å². The van der Waals surface area contributed by atoms with Crippen molar-refractivity contribution in [3.05, 3.63) is 0 Å². The van der Waals surface area contributed by atoms with E-state index < -0.39 is 0 Å². The number of hydroxylamine groups is 1. The van der Waals surface area contributed by atoms with Crippen molar-refractivity contribution in [2.24, 2.45) is 0 Å². The molecule has 0 aliphatic carbocycles. The van der Waals surface area contributed by atoms with Crippen LogP contribution >= 0.6 is 12.2 Å². The van der Waals surface area contributed by atoms with Gasteiger partial charge in [-0.15, -0.1) is 0 Å². The predicted octanol–water partition coefficient (Wildman–Crippen LogP) is 0.496. The maximum absolute atomic E-state index is 11.2. The molecule has 1 saturated heterocycles. The Morgan fingerprint density at radius 3 is 3.06 bits per heavy atom. The van der Waals surface area contributed by atoms with Crippen LogP contribution in [0.25, 0.3) is 0 Å². The number of rotatable bonds is 5. The quantitative estimate of drug-likeness (QED) is 0.340. The number of ether oxygens (including phenoxy) is 1. The molecule has 0 amide bonds. The SMILES string of the molecule is CC#CC(=S)NOC[C@H]1CCCN1CC(=O)OC. The van der Waals surface area contributed by atoms with Crippen molar-refractivity contribution in [1.29, 1.82) is 0 Å². The molecule has 100 valence electrons. The zero-order chi connectivity index (χ0) is 13.4. The lowest BCUT2D eigenvalue weighted by molar-refractivity contribution is -0.142. The molecule has 0 aromatic carbocycles. The number of esters is 1. The van der Waals surface area contributed by atoms with Gasteiger partial charge < -0.3 is 4.74 Å². The van der Waals surface area contributed by atoms with Crippen LogP contribution in [0.4, 0.5) is 0 Å². The molecule has 0 aromatic heterocycles. The molecule has 1 fully saturated rings. The lowest BCUT2D eigenvalue weighted by atomic mass is 10.2. The maximum atomic E-state index is 11.2. The molecule has 5 nitrogen and oxygen atoms in total. The van der Waals surface area contributed by atoms with Crippen LogP contribution < -0.4 is 5.48 Å². The van der Waals surface area contributed by atoms with E-state index in [4.69, 9.17) is 17.1 Å². The van der Waals surface area contributed by atoms with E-state index in [9.17, 15) is 4.79 Å². The summed E-state index contributed by atoms with van der Waals surface area (Å²) in [5.41, 5.74) is 2.61. The Morgan fingerprint density at radius 2 is 2.39 bits per heavy atom. The molecule has 0 saturated carbocycles. The van der Waals surface area contributed by atoms with Gasteiger partial charge in [0.1, 0.15) is 0 Å². The first kappa shape index (κ1) is 14.9. The summed E-state index contributed by atoms with van der Waals surface area (Å²) in [7, 11) is 1.40. The second-order valence-corrected chi connectivity index (χ2v) is 4.37. The number of carbonyl (C=O) groups excluding carboxylic acids is 1. The number of methoxy groups -OCH3 is 1. The van der Waals surface area contributed by atoms with Crippen LogP contribution in [0.15, 0.2) is 0 Å². The molecule has 18 heavy (non-hydrogen) atoms. The first-order chi connectivity index (χ1) is 8.67. The van der Waals surface area contributed by atoms with Crippen LogP contribution in [-0.4, -0.2) is 48.7 Å². The molecule has 0 aromatic rings. The highest BCUT2D eigenvalue weighted by Crippen LogP contribution is 2.16. The van der Waals surface area contributed by atoms with Crippen LogP contribution in [0.1, 0.15) is 19.8 Å². The maximum Gasteiger partial charge on any atom is 0.319 e. The highest BCUT2D eigenvalue weighted by molar-refractivity contribution is 7.80. The van der Waals surface area contributed by atoms with Crippen molar-refractivity contribution in [2.45, 2.75) is 25.8 Å². The first-order valence-corrected chi connectivity index (χ1v) is 6.23. The average molecular weight is 270 g/mol. The van der Waals surface area contributed by atoms with Crippen LogP contribution in [0.2, 0.25) is 0 Å². The number of thiocarbonyl (C=S) groups is 1. The molecular weight excluding hydrogens is 252 g/mol. The molecule has 1 heterocycles. The number of hydrogen-bond donors (Lipinski definition) is 1. The van der Waals surface area contributed by atoms with E-state index in [0.717, 1.165) is 19.4 Å². The summed E-state index contributed by atoms with van der Waals surface area (Å²) < 4.78 is 4.66. The van der Waals surface area contributed by atoms with Gasteiger partial charge in [0.05, 0.1) is 20.3 Å². The number of carbonyl (C=O) groups is 1. The summed E-state index contributed by atoms with van der Waals surface area (Å²) in [5, 5.41) is 0. The van der Waals surface area contributed by atoms with E-state index in [-0.39, 0.29) is 12.0 Å². The van der Waals surface area contributed by atoms with Gasteiger partial charge in [-0.25, -0.2) is 5.48 Å². The molecule has 6 heteroatoms. The van der Waals surface area contributed by atoms with Gasteiger partial charge in [-0.3, -0.25) is 14.5 Å². The molecule has 0 unspecified atom stereocenters. The van der Waals surface area contributed by atoms with Crippen LogP contribution in [-0.2, 0) is 14.4 Å². The summed E-state index contributed by atoms with van der Waals surface area (Å²) in [5.74, 6) is 5.14. The van der Waals surface area contributed by atoms with Gasteiger partial charge in [0.25, 0.3) is 0 Å². The molecule has 1 atom stereocenters. The molecule has 1 aliphatic rings. The third kappa shape index (κ3) is 5.00. The number of hydrogen-bond acceptors (Lipinski definition) is 5. The topological polar surface area (TPSA) is 50.8 Å². The third-order valence-electron chi connectivity index (χ3n) is 2.74. The van der Waals surface area contributed by atoms with E-state index in [2.05, 4.69) is 27.0 Å². The van der Waals surface area contributed by atoms with Crippen molar-refractivity contribution in [3.63, 3.8) is 0 Å². The zero-order valence-electron chi connectivity index (χ0n) is 10.7. The van der Waals surface area contributed by atoms with Gasteiger partial charge in [0.15, 0.2) is 4.99 Å². The largest absolute Gasteiger partial charge is 0.468 e. The summed E-state index contributed by atoms with van der Waals surface area (Å²) >= 11 is 4.91. The highest BCUT2D eigenvalue weighted by atomic mass is 32.1. The van der Waals surface area contributed by atoms with Crippen molar-refractivity contribution < 1.29 is 14.4 Å². The standard InChI is InChI=1S/C12H18N2O3S/c1-3-5-11(18)13-17-9-10-6-4-7-14(10)8-12(15)16-2/h10H,4,6-9H2,1-2H3,(H,13,18)/t10-/m1/s1. The molecule has 0 radical (unpaired) electrons. The predicted molar refractivity (Wildman–Crippen MR) is 71.7 cm³/mol. The van der Waals surface area contributed by atoms with E-state index in [1.54, 1.807) is 6.92 Å². The molecule has 1 rings (SSSR count). The minimum atomic E-state index is -0.220. The summed E-state index contributed by atoms with van der Waals surface area (Å²) in [6, 6.07) is 0.217. The summed E-state index contributed by atoms with van der Waals surface area (Å²) in [4.78, 5) is 18.9. The van der Waals surface area contributed by atoms with Crippen LogP contribution in [0.3, 0.4) is 0 Å². The lowest BCUT2D eigenvalue weighted by Gasteiger charge is -2.22. The van der Waals surface area contributed by atoms with Gasteiger partial charge in [0, 0.05) is 6.04 Å². The molecular formula is C12H18N2O3S. The minimum absolute atomic E-state index is 0.217. The van der Waals surface area contributed by atoms with Crippen molar-refractivity contribution >= 4 is 23.2 Å². The Bertz CT molecular complexity index is 362. The minimum Gasteiger partial charge on any atom is -0.468 e. The van der Waals surface area contributed by atoms with Crippen molar-refractivity contribution in [2.75, 3.05) is 26.8 Å². The number of likely N-dealkylation sites (tertiary alicyclic amines) is 1. The first-order valence-electron chi connectivity index (χ1n) is 5.82. The molecule has 1 aliphatic heterocycles. The fourth-order valence-corrected chi connectivity index (χ4v) is 2.03. The molecule has 1 N–H and O–H groups in total. The average Bonchev–Trinajstić information content (AvgIpc) is 2.77. The van der Waals surface area contributed by atoms with Crippen molar-refractivity contribution in [1.82, 2.24) is 10.4 Å². The number of nitrogens with zero attached hydrogens (tertiary/aromatic N) is 1. The van der Waals surface area contributed by atoms with E-state index in [0.29, 0.717) is 18.1 Å². The van der Waals surface area contributed by atoms with E-state index >= 15 is 0 Å². The zero-order valence-corrected chi connectivity index (χ0v) is 11.5.